The van der Waals surface area contributed by atoms with E-state index in [9.17, 15) is 0 Å². The average Bonchev–Trinajstić information content (AvgIpc) is 2.87. The van der Waals surface area contributed by atoms with Gasteiger partial charge < -0.3 is 11.1 Å². The van der Waals surface area contributed by atoms with Crippen LogP contribution in [0.4, 0.5) is 5.69 Å². The Bertz CT molecular complexity index is 587. The molecule has 1 aromatic carbocycles. The van der Waals surface area contributed by atoms with E-state index in [0.29, 0.717) is 5.96 Å². The van der Waals surface area contributed by atoms with Gasteiger partial charge in [0, 0.05) is 23.3 Å². The number of anilines is 1. The molecule has 0 amide bonds. The molecule has 0 aliphatic heterocycles. The second kappa shape index (κ2) is 7.78. The van der Waals surface area contributed by atoms with Crippen molar-refractivity contribution in [2.24, 2.45) is 10.7 Å². The highest BCUT2D eigenvalue weighted by Gasteiger charge is 1.98. The highest BCUT2D eigenvalue weighted by atomic mass is 32.1. The number of thiazole rings is 1. The molecule has 21 heavy (non-hydrogen) atoms. The van der Waals surface area contributed by atoms with Crippen molar-refractivity contribution in [2.75, 3.05) is 11.9 Å². The van der Waals surface area contributed by atoms with Crippen molar-refractivity contribution >= 4 is 23.0 Å². The molecular weight excluding hydrogens is 280 g/mol. The van der Waals surface area contributed by atoms with Gasteiger partial charge in [-0.05, 0) is 45.2 Å². The zero-order valence-corrected chi connectivity index (χ0v) is 13.4. The minimum atomic E-state index is 0.476. The van der Waals surface area contributed by atoms with Crippen molar-refractivity contribution in [1.82, 2.24) is 4.98 Å². The molecule has 0 bridgehead atoms. The Hall–Kier alpha value is -1.88. The van der Waals surface area contributed by atoms with Gasteiger partial charge in [0.15, 0.2) is 5.96 Å². The summed E-state index contributed by atoms with van der Waals surface area (Å²) in [5.74, 6) is 0.476. The smallest absolute Gasteiger partial charge is 0.193 e. The van der Waals surface area contributed by atoms with Gasteiger partial charge in [-0.25, -0.2) is 4.98 Å². The molecule has 0 radical (unpaired) electrons. The molecule has 4 nitrogen and oxygen atoms in total. The molecule has 2 rings (SSSR count). The summed E-state index contributed by atoms with van der Waals surface area (Å²) in [7, 11) is 0. The molecule has 0 atom stereocenters. The van der Waals surface area contributed by atoms with Gasteiger partial charge in [0.05, 0.1) is 5.01 Å². The Morgan fingerprint density at radius 1 is 1.24 bits per heavy atom. The minimum absolute atomic E-state index is 0.476. The van der Waals surface area contributed by atoms with Crippen LogP contribution >= 0.6 is 11.3 Å². The monoisotopic (exact) mass is 302 g/mol. The maximum atomic E-state index is 5.87. The second-order valence-corrected chi connectivity index (χ2v) is 6.04. The third-order valence-corrected chi connectivity index (χ3v) is 4.10. The standard InChI is InChI=1S/C16H22N4S/c1-12-6-8-14(9-7-12)20-16(17)18-10-4-3-5-15-19-13(2)11-21-15/h6-9,11H,3-5,10H2,1-2H3,(H3,17,18,20). The van der Waals surface area contributed by atoms with Gasteiger partial charge in [-0.15, -0.1) is 11.3 Å². The Morgan fingerprint density at radius 2 is 2.00 bits per heavy atom. The fourth-order valence-electron chi connectivity index (χ4n) is 1.93. The van der Waals surface area contributed by atoms with Crippen LogP contribution in [0.25, 0.3) is 0 Å². The first kappa shape index (κ1) is 15.5. The molecule has 0 fully saturated rings. The number of hydrogen-bond donors (Lipinski definition) is 2. The number of hydrogen-bond acceptors (Lipinski definition) is 3. The fraction of sp³-hybridized carbons (Fsp3) is 0.375. The van der Waals surface area contributed by atoms with Gasteiger partial charge in [0.2, 0.25) is 0 Å². The number of aryl methyl sites for hydroxylation is 3. The van der Waals surface area contributed by atoms with E-state index >= 15 is 0 Å². The second-order valence-electron chi connectivity index (χ2n) is 5.10. The van der Waals surface area contributed by atoms with E-state index in [0.717, 1.165) is 37.2 Å². The summed E-state index contributed by atoms with van der Waals surface area (Å²) in [6.45, 7) is 4.84. The predicted molar refractivity (Wildman–Crippen MR) is 91.1 cm³/mol. The summed E-state index contributed by atoms with van der Waals surface area (Å²) in [4.78, 5) is 8.80. The van der Waals surface area contributed by atoms with Crippen molar-refractivity contribution in [3.05, 3.63) is 45.9 Å². The highest BCUT2D eigenvalue weighted by molar-refractivity contribution is 7.09. The zero-order chi connectivity index (χ0) is 15.1. The lowest BCUT2D eigenvalue weighted by Crippen LogP contribution is -2.22. The lowest BCUT2D eigenvalue weighted by atomic mass is 10.2. The first-order chi connectivity index (χ1) is 10.1. The topological polar surface area (TPSA) is 63.3 Å². The molecular formula is C16H22N4S. The number of benzene rings is 1. The SMILES string of the molecule is Cc1ccc(NC(N)=NCCCCc2nc(C)cs2)cc1. The number of nitrogens with zero attached hydrogens (tertiary/aromatic N) is 2. The van der Waals surface area contributed by atoms with Crippen molar-refractivity contribution < 1.29 is 0 Å². The summed E-state index contributed by atoms with van der Waals surface area (Å²) in [6, 6.07) is 8.10. The molecule has 0 aliphatic rings. The van der Waals surface area contributed by atoms with Gasteiger partial charge in [-0.3, -0.25) is 4.99 Å². The molecule has 0 saturated heterocycles. The maximum Gasteiger partial charge on any atom is 0.193 e. The zero-order valence-electron chi connectivity index (χ0n) is 12.6. The van der Waals surface area contributed by atoms with Crippen LogP contribution in [0.1, 0.15) is 29.1 Å². The molecule has 3 N–H and O–H groups in total. The Kier molecular flexibility index (Phi) is 5.75. The number of unbranched alkanes of at least 4 members (excludes halogenated alkanes) is 1. The Balaban J connectivity index is 1.67. The van der Waals surface area contributed by atoms with E-state index in [1.165, 1.54) is 10.6 Å². The molecule has 1 aromatic heterocycles. The van der Waals surface area contributed by atoms with E-state index in [-0.39, 0.29) is 0 Å². The first-order valence-corrected chi connectivity index (χ1v) is 8.06. The molecule has 2 aromatic rings. The van der Waals surface area contributed by atoms with Crippen LogP contribution in [0.15, 0.2) is 34.6 Å². The van der Waals surface area contributed by atoms with Gasteiger partial charge in [0.1, 0.15) is 0 Å². The molecule has 0 aliphatic carbocycles. The van der Waals surface area contributed by atoms with Crippen molar-refractivity contribution in [3.8, 4) is 0 Å². The molecule has 0 saturated carbocycles. The summed E-state index contributed by atoms with van der Waals surface area (Å²) < 4.78 is 0. The average molecular weight is 302 g/mol. The van der Waals surface area contributed by atoms with E-state index in [4.69, 9.17) is 5.73 Å². The molecule has 1 heterocycles. The molecule has 0 unspecified atom stereocenters. The lowest BCUT2D eigenvalue weighted by Gasteiger charge is -2.05. The van der Waals surface area contributed by atoms with Crippen LogP contribution in [-0.4, -0.2) is 17.5 Å². The Morgan fingerprint density at radius 3 is 2.67 bits per heavy atom. The summed E-state index contributed by atoms with van der Waals surface area (Å²) in [6.07, 6.45) is 3.14. The maximum absolute atomic E-state index is 5.87. The number of guanidine groups is 1. The third kappa shape index (κ3) is 5.55. The normalized spacial score (nSPS) is 11.6. The van der Waals surface area contributed by atoms with Gasteiger partial charge in [0.25, 0.3) is 0 Å². The van der Waals surface area contributed by atoms with E-state index in [1.54, 1.807) is 11.3 Å². The number of nitrogens with two attached hydrogens (primary N) is 1. The van der Waals surface area contributed by atoms with Gasteiger partial charge in [-0.2, -0.15) is 0 Å². The number of rotatable bonds is 6. The Labute approximate surface area is 130 Å². The summed E-state index contributed by atoms with van der Waals surface area (Å²) in [5, 5.41) is 6.40. The predicted octanol–water partition coefficient (Wildman–Crippen LogP) is 3.51. The molecule has 112 valence electrons. The molecule has 0 spiro atoms. The van der Waals surface area contributed by atoms with Crippen LogP contribution in [0.2, 0.25) is 0 Å². The van der Waals surface area contributed by atoms with Crippen LogP contribution in [0.5, 0.6) is 0 Å². The van der Waals surface area contributed by atoms with Crippen LogP contribution in [-0.2, 0) is 6.42 Å². The van der Waals surface area contributed by atoms with Crippen molar-refractivity contribution in [3.63, 3.8) is 0 Å². The van der Waals surface area contributed by atoms with Crippen molar-refractivity contribution in [2.45, 2.75) is 33.1 Å². The number of aliphatic imine (C=N–C) groups is 1. The van der Waals surface area contributed by atoms with E-state index in [2.05, 4.69) is 27.6 Å². The van der Waals surface area contributed by atoms with Gasteiger partial charge in [-0.1, -0.05) is 17.7 Å². The minimum Gasteiger partial charge on any atom is -0.370 e. The summed E-state index contributed by atoms with van der Waals surface area (Å²) >= 11 is 1.73. The molecule has 5 heteroatoms. The van der Waals surface area contributed by atoms with Gasteiger partial charge >= 0.3 is 0 Å². The lowest BCUT2D eigenvalue weighted by molar-refractivity contribution is 0.741. The third-order valence-electron chi connectivity index (χ3n) is 3.07. The van der Waals surface area contributed by atoms with Crippen LogP contribution in [0.3, 0.4) is 0 Å². The summed E-state index contributed by atoms with van der Waals surface area (Å²) in [5.41, 5.74) is 9.18. The van der Waals surface area contributed by atoms with Crippen LogP contribution in [0, 0.1) is 13.8 Å². The number of aromatic nitrogens is 1. The van der Waals surface area contributed by atoms with E-state index in [1.807, 2.05) is 31.2 Å². The van der Waals surface area contributed by atoms with Crippen molar-refractivity contribution in [1.29, 1.82) is 0 Å². The largest absolute Gasteiger partial charge is 0.370 e. The number of nitrogens with one attached hydrogen (secondary N) is 1. The quantitative estimate of drug-likeness (QED) is 0.487. The highest BCUT2D eigenvalue weighted by Crippen LogP contribution is 2.12. The van der Waals surface area contributed by atoms with Crippen LogP contribution < -0.4 is 11.1 Å². The fourth-order valence-corrected chi connectivity index (χ4v) is 2.75. The van der Waals surface area contributed by atoms with E-state index < -0.39 is 0 Å². The first-order valence-electron chi connectivity index (χ1n) is 7.18.